The number of benzene rings is 1. The molecule has 0 saturated heterocycles. The van der Waals surface area contributed by atoms with E-state index in [9.17, 15) is 32.9 Å². The van der Waals surface area contributed by atoms with E-state index in [0.29, 0.717) is 16.1 Å². The molecule has 3 atom stereocenters. The van der Waals surface area contributed by atoms with E-state index in [1.165, 1.54) is 13.0 Å². The Hall–Kier alpha value is -3.22. The average molecular weight is 512 g/mol. The molecule has 0 spiro atoms. The van der Waals surface area contributed by atoms with E-state index in [1.807, 2.05) is 0 Å². The van der Waals surface area contributed by atoms with Crippen molar-refractivity contribution in [2.75, 3.05) is 6.61 Å². The van der Waals surface area contributed by atoms with Crippen LogP contribution in [0.1, 0.15) is 37.0 Å². The lowest BCUT2D eigenvalue weighted by molar-refractivity contribution is -0.767. The van der Waals surface area contributed by atoms with Crippen molar-refractivity contribution in [2.45, 2.75) is 58.8 Å². The Kier molecular flexibility index (Phi) is 8.59. The fraction of sp³-hybridized carbons (Fsp3) is 0.500. The number of halogens is 4. The fourth-order valence-corrected chi connectivity index (χ4v) is 3.12. The molecule has 0 saturated carbocycles. The van der Waals surface area contributed by atoms with Gasteiger partial charge in [0.25, 0.3) is 5.09 Å². The molecule has 3 unspecified atom stereocenters. The molecule has 0 fully saturated rings. The van der Waals surface area contributed by atoms with E-state index < -0.39 is 47.5 Å². The van der Waals surface area contributed by atoms with Crippen molar-refractivity contribution in [3.05, 3.63) is 43.5 Å². The molecule has 34 heavy (non-hydrogen) atoms. The van der Waals surface area contributed by atoms with E-state index in [4.69, 9.17) is 21.1 Å². The van der Waals surface area contributed by atoms with Crippen molar-refractivity contribution in [1.82, 2.24) is 0 Å². The second kappa shape index (κ2) is 10.8. The predicted molar refractivity (Wildman–Crippen MR) is 110 cm³/mol. The third-order valence-corrected chi connectivity index (χ3v) is 5.18. The van der Waals surface area contributed by atoms with Gasteiger partial charge in [0.15, 0.2) is 0 Å². The van der Waals surface area contributed by atoms with Crippen LogP contribution in [0.2, 0.25) is 5.02 Å². The van der Waals surface area contributed by atoms with Crippen LogP contribution in [-0.2, 0) is 23.8 Å². The molecule has 1 heterocycles. The topological polar surface area (TPSA) is 123 Å². The van der Waals surface area contributed by atoms with Gasteiger partial charge in [-0.05, 0) is 44.0 Å². The zero-order valence-electron chi connectivity index (χ0n) is 18.4. The minimum atomic E-state index is -4.95. The van der Waals surface area contributed by atoms with Gasteiger partial charge in [-0.25, -0.2) is 9.59 Å². The maximum Gasteiger partial charge on any atom is 0.511 e. The molecule has 1 aliphatic heterocycles. The third-order valence-electron chi connectivity index (χ3n) is 4.60. The van der Waals surface area contributed by atoms with Gasteiger partial charge >= 0.3 is 18.3 Å². The van der Waals surface area contributed by atoms with Crippen LogP contribution in [0.15, 0.2) is 11.6 Å². The maximum absolute atomic E-state index is 13.6. The molecular weight excluding hydrogens is 491 g/mol. The average Bonchev–Trinajstić information content (AvgIpc) is 2.69. The highest BCUT2D eigenvalue weighted by molar-refractivity contribution is 6.32. The summed E-state index contributed by atoms with van der Waals surface area (Å²) in [4.78, 5) is 38.6. The quantitative estimate of drug-likeness (QED) is 0.211. The molecule has 10 nitrogen and oxygen atoms in total. The number of aryl methyl sites for hydroxylation is 1. The number of ether oxygens (including phenoxy) is 4. The van der Waals surface area contributed by atoms with Crippen LogP contribution in [0.3, 0.4) is 0 Å². The Bertz CT molecular complexity index is 996. The summed E-state index contributed by atoms with van der Waals surface area (Å²) < 4.78 is 60.0. The first-order valence-corrected chi connectivity index (χ1v) is 10.2. The molecule has 0 aromatic heterocycles. The lowest BCUT2D eigenvalue weighted by atomic mass is 9.96. The normalized spacial score (nSPS) is 16.8. The van der Waals surface area contributed by atoms with Crippen LogP contribution in [0.4, 0.5) is 18.0 Å². The van der Waals surface area contributed by atoms with Crippen LogP contribution in [-0.4, -0.2) is 48.5 Å². The van der Waals surface area contributed by atoms with Gasteiger partial charge in [0, 0.05) is 23.9 Å². The van der Waals surface area contributed by atoms with Crippen molar-refractivity contribution in [3.63, 3.8) is 0 Å². The van der Waals surface area contributed by atoms with Crippen LogP contribution in [0.25, 0.3) is 6.08 Å². The summed E-state index contributed by atoms with van der Waals surface area (Å²) >= 11 is 6.16. The molecule has 0 radical (unpaired) electrons. The Morgan fingerprint density at radius 1 is 1.26 bits per heavy atom. The van der Waals surface area contributed by atoms with Gasteiger partial charge in [-0.3, -0.25) is 0 Å². The van der Waals surface area contributed by atoms with E-state index in [-0.39, 0.29) is 24.3 Å². The van der Waals surface area contributed by atoms with Crippen LogP contribution in [0, 0.1) is 24.0 Å². The summed E-state index contributed by atoms with van der Waals surface area (Å²) in [5, 5.41) is 9.50. The molecule has 14 heteroatoms. The maximum atomic E-state index is 13.6. The zero-order valence-corrected chi connectivity index (χ0v) is 19.2. The molecule has 2 rings (SSSR count). The first kappa shape index (κ1) is 27.0. The number of fused-ring (bicyclic) bond motifs is 1. The molecule has 0 N–H and O–H groups in total. The minimum absolute atomic E-state index is 0.0392. The first-order chi connectivity index (χ1) is 15.7. The van der Waals surface area contributed by atoms with Crippen molar-refractivity contribution < 1.29 is 51.6 Å². The Morgan fingerprint density at radius 2 is 1.91 bits per heavy atom. The Morgan fingerprint density at radius 3 is 2.50 bits per heavy atom. The number of esters is 1. The summed E-state index contributed by atoms with van der Waals surface area (Å²) in [6.07, 6.45) is -10.4. The zero-order chi connectivity index (χ0) is 25.8. The van der Waals surface area contributed by atoms with Crippen molar-refractivity contribution >= 4 is 29.8 Å². The molecule has 1 aromatic carbocycles. The van der Waals surface area contributed by atoms with Gasteiger partial charge in [0.05, 0.1) is 12.2 Å². The Balaban J connectivity index is 2.08. The molecule has 188 valence electrons. The highest BCUT2D eigenvalue weighted by Crippen LogP contribution is 2.41. The molecule has 0 amide bonds. The first-order valence-electron chi connectivity index (χ1n) is 9.80. The van der Waals surface area contributed by atoms with Crippen LogP contribution >= 0.6 is 11.6 Å². The second-order valence-corrected chi connectivity index (χ2v) is 7.68. The second-order valence-electron chi connectivity index (χ2n) is 7.30. The summed E-state index contributed by atoms with van der Waals surface area (Å²) in [5.74, 6) is -1.53. The number of nitrogens with zero attached hydrogens (tertiary/aromatic N) is 1. The van der Waals surface area contributed by atoms with Gasteiger partial charge < -0.3 is 23.8 Å². The van der Waals surface area contributed by atoms with Gasteiger partial charge in [-0.2, -0.15) is 13.2 Å². The van der Waals surface area contributed by atoms with E-state index >= 15 is 0 Å². The van der Waals surface area contributed by atoms with Gasteiger partial charge in [0.1, 0.15) is 11.9 Å². The highest BCUT2D eigenvalue weighted by atomic mass is 35.5. The van der Waals surface area contributed by atoms with Gasteiger partial charge in [-0.15, -0.1) is 10.1 Å². The van der Waals surface area contributed by atoms with E-state index in [0.717, 1.165) is 13.0 Å². The fourth-order valence-electron chi connectivity index (χ4n) is 2.96. The summed E-state index contributed by atoms with van der Waals surface area (Å²) in [5.41, 5.74) is 0.226. The predicted octanol–water partition coefficient (Wildman–Crippen LogP) is 4.69. The summed E-state index contributed by atoms with van der Waals surface area (Å²) in [7, 11) is 0. The lowest BCUT2D eigenvalue weighted by Crippen LogP contribution is -2.41. The molecule has 0 bridgehead atoms. The summed E-state index contributed by atoms with van der Waals surface area (Å²) in [6.45, 7) is 5.30. The van der Waals surface area contributed by atoms with Gasteiger partial charge in [0.2, 0.25) is 12.4 Å². The molecular formula is C20H21ClF3NO9. The number of rotatable bonds is 8. The monoisotopic (exact) mass is 511 g/mol. The highest BCUT2D eigenvalue weighted by Gasteiger charge is 2.49. The smallest absolute Gasteiger partial charge is 0.475 e. The molecule has 1 aliphatic rings. The number of hydrogen-bond acceptors (Lipinski definition) is 9. The number of carbonyl (C=O) groups excluding carboxylic acids is 2. The number of alkyl halides is 3. The SMILES string of the molecule is Cc1cc2c(c(C)c1Cl)C=C(C(=O)OC(C)OC(=O)OCCC(C)O[N+](=O)[O-])C(C(F)(F)F)O2. The standard InChI is InChI=1S/C20H21ClF3NO9/c1-9-7-15-13(11(3)16(9)21)8-14(17(33-15)20(22,23)24)18(26)31-12(4)32-19(27)30-6-5-10(2)34-25(28)29/h7-8,10,12,17H,5-6H2,1-4H3. The van der Waals surface area contributed by atoms with Crippen LogP contribution < -0.4 is 4.74 Å². The van der Waals surface area contributed by atoms with Crippen molar-refractivity contribution in [2.24, 2.45) is 0 Å². The summed E-state index contributed by atoms with van der Waals surface area (Å²) in [6, 6.07) is 1.33. The van der Waals surface area contributed by atoms with Crippen molar-refractivity contribution in [1.29, 1.82) is 0 Å². The van der Waals surface area contributed by atoms with E-state index in [2.05, 4.69) is 14.3 Å². The third kappa shape index (κ3) is 6.89. The Labute approximate surface area is 196 Å². The molecule has 1 aromatic rings. The largest absolute Gasteiger partial charge is 0.511 e. The van der Waals surface area contributed by atoms with Crippen LogP contribution in [0.5, 0.6) is 5.75 Å². The lowest BCUT2D eigenvalue weighted by Gasteiger charge is -2.29. The molecule has 0 aliphatic carbocycles. The minimum Gasteiger partial charge on any atom is -0.475 e. The number of carbonyl (C=O) groups is 2. The van der Waals surface area contributed by atoms with Crippen molar-refractivity contribution in [3.8, 4) is 5.75 Å². The van der Waals surface area contributed by atoms with Gasteiger partial charge in [-0.1, -0.05) is 11.6 Å². The van der Waals surface area contributed by atoms with E-state index in [1.54, 1.807) is 13.8 Å². The number of hydrogen-bond donors (Lipinski definition) is 0.